The highest BCUT2D eigenvalue weighted by Gasteiger charge is 2.16. The second-order valence-electron chi connectivity index (χ2n) is 8.55. The molecule has 0 aliphatic rings. The van der Waals surface area contributed by atoms with Gasteiger partial charge in [-0.25, -0.2) is 0 Å². The van der Waals surface area contributed by atoms with Crippen molar-refractivity contribution in [2.75, 3.05) is 16.4 Å². The minimum atomic E-state index is -0.591. The van der Waals surface area contributed by atoms with E-state index in [-0.39, 0.29) is 23.0 Å². The molecule has 206 valence electrons. The molecule has 41 heavy (non-hydrogen) atoms. The van der Waals surface area contributed by atoms with Crippen molar-refractivity contribution in [3.63, 3.8) is 0 Å². The van der Waals surface area contributed by atoms with Crippen LogP contribution >= 0.6 is 34.4 Å². The lowest BCUT2D eigenvalue weighted by molar-refractivity contribution is -0.384. The Labute approximate surface area is 253 Å². The summed E-state index contributed by atoms with van der Waals surface area (Å²) < 4.78 is 1.07. The monoisotopic (exact) mass is 678 g/mol. The zero-order chi connectivity index (χ0) is 29.2. The van der Waals surface area contributed by atoms with Gasteiger partial charge in [0, 0.05) is 37.5 Å². The van der Waals surface area contributed by atoms with Gasteiger partial charge in [-0.15, -0.1) is 11.8 Å². The molecule has 3 amide bonds. The zero-order valence-electron chi connectivity index (χ0n) is 21.4. The molecule has 4 aromatic rings. The third-order valence-electron chi connectivity index (χ3n) is 5.53. The Morgan fingerprint density at radius 2 is 1.54 bits per heavy atom. The Balaban J connectivity index is 1.46. The van der Waals surface area contributed by atoms with Gasteiger partial charge in [-0.05, 0) is 101 Å². The van der Waals surface area contributed by atoms with Crippen molar-refractivity contribution in [3.8, 4) is 0 Å². The Morgan fingerprint density at radius 1 is 0.829 bits per heavy atom. The van der Waals surface area contributed by atoms with Gasteiger partial charge in [0.1, 0.15) is 5.70 Å². The van der Waals surface area contributed by atoms with Gasteiger partial charge in [0.15, 0.2) is 0 Å². The summed E-state index contributed by atoms with van der Waals surface area (Å²) in [6.45, 7) is 0. The highest BCUT2D eigenvalue weighted by molar-refractivity contribution is 14.1. The number of nitro benzene ring substituents is 1. The second kappa shape index (κ2) is 14.2. The number of benzene rings is 4. The summed E-state index contributed by atoms with van der Waals surface area (Å²) in [7, 11) is 0. The molecule has 0 atom stereocenters. The number of non-ortho nitro benzene ring substituents is 1. The van der Waals surface area contributed by atoms with E-state index in [1.165, 1.54) is 42.1 Å². The van der Waals surface area contributed by atoms with E-state index < -0.39 is 16.7 Å². The minimum absolute atomic E-state index is 0.0531. The summed E-state index contributed by atoms with van der Waals surface area (Å²) in [5.74, 6) is -1.08. The van der Waals surface area contributed by atoms with E-state index in [1.807, 2.05) is 30.3 Å². The van der Waals surface area contributed by atoms with Gasteiger partial charge in [0.2, 0.25) is 5.91 Å². The normalized spacial score (nSPS) is 10.9. The maximum atomic E-state index is 13.3. The molecule has 0 aromatic heterocycles. The standard InChI is InChI=1S/C30H23IN4O5S/c31-22-11-13-23(14-12-22)32-28(36)19-41-26-8-4-7-24(18-26)33-30(38)27(34-29(37)21-5-2-1-3-6-21)17-20-9-15-25(16-10-20)35(39)40/h1-18H,19H2,(H,32,36)(H,33,38)(H,34,37)/b27-17+. The van der Waals surface area contributed by atoms with E-state index in [4.69, 9.17) is 0 Å². The van der Waals surface area contributed by atoms with Gasteiger partial charge in [0.05, 0.1) is 10.7 Å². The molecule has 0 heterocycles. The Hall–Kier alpha value is -4.49. The van der Waals surface area contributed by atoms with Crippen LogP contribution in [0.1, 0.15) is 15.9 Å². The van der Waals surface area contributed by atoms with Crippen molar-refractivity contribution in [3.05, 3.63) is 134 Å². The number of halogens is 1. The number of nitrogens with one attached hydrogen (secondary N) is 3. The Kier molecular flexibility index (Phi) is 10.2. The van der Waals surface area contributed by atoms with Gasteiger partial charge in [-0.3, -0.25) is 24.5 Å². The van der Waals surface area contributed by atoms with Gasteiger partial charge in [-0.1, -0.05) is 24.3 Å². The topological polar surface area (TPSA) is 130 Å². The second-order valence-corrected chi connectivity index (χ2v) is 10.8. The number of thioether (sulfide) groups is 1. The highest BCUT2D eigenvalue weighted by atomic mass is 127. The van der Waals surface area contributed by atoms with Crippen LogP contribution in [-0.4, -0.2) is 28.4 Å². The van der Waals surface area contributed by atoms with Crippen LogP contribution in [0, 0.1) is 13.7 Å². The molecule has 0 aliphatic carbocycles. The summed E-state index contributed by atoms with van der Waals surface area (Å²) in [6.07, 6.45) is 1.44. The molecule has 3 N–H and O–H groups in total. The molecule has 4 rings (SSSR count). The maximum Gasteiger partial charge on any atom is 0.272 e. The fraction of sp³-hybridized carbons (Fsp3) is 0.0333. The SMILES string of the molecule is O=C(CSc1cccc(NC(=O)/C(=C\c2ccc([N+](=O)[O-])cc2)NC(=O)c2ccccc2)c1)Nc1ccc(I)cc1. The highest BCUT2D eigenvalue weighted by Crippen LogP contribution is 2.23. The van der Waals surface area contributed by atoms with Crippen molar-refractivity contribution in [2.24, 2.45) is 0 Å². The molecule has 0 bridgehead atoms. The third-order valence-corrected chi connectivity index (χ3v) is 7.25. The fourth-order valence-corrected chi connectivity index (χ4v) is 4.66. The molecule has 0 radical (unpaired) electrons. The lowest BCUT2D eigenvalue weighted by Gasteiger charge is -2.12. The molecular formula is C30H23IN4O5S. The molecule has 0 saturated carbocycles. The van der Waals surface area contributed by atoms with Gasteiger partial charge in [-0.2, -0.15) is 0 Å². The first kappa shape index (κ1) is 29.5. The number of nitro groups is 1. The summed E-state index contributed by atoms with van der Waals surface area (Å²) in [4.78, 5) is 49.7. The lowest BCUT2D eigenvalue weighted by Crippen LogP contribution is -2.30. The molecule has 11 heteroatoms. The van der Waals surface area contributed by atoms with E-state index in [2.05, 4.69) is 38.5 Å². The van der Waals surface area contributed by atoms with Crippen LogP contribution in [0.15, 0.2) is 114 Å². The number of nitrogens with zero attached hydrogens (tertiary/aromatic N) is 1. The minimum Gasteiger partial charge on any atom is -0.325 e. The van der Waals surface area contributed by atoms with Crippen molar-refractivity contribution >= 4 is 75.2 Å². The predicted octanol–water partition coefficient (Wildman–Crippen LogP) is 6.34. The summed E-state index contributed by atoms with van der Waals surface area (Å²) in [6, 6.07) is 28.5. The first-order valence-electron chi connectivity index (χ1n) is 12.2. The molecule has 0 aliphatic heterocycles. The smallest absolute Gasteiger partial charge is 0.272 e. The van der Waals surface area contributed by atoms with Crippen LogP contribution in [0.2, 0.25) is 0 Å². The van der Waals surface area contributed by atoms with E-state index in [1.54, 1.807) is 48.5 Å². The fourth-order valence-electron chi connectivity index (χ4n) is 3.54. The Bertz CT molecular complexity index is 1590. The molecule has 0 spiro atoms. The molecule has 9 nitrogen and oxygen atoms in total. The van der Waals surface area contributed by atoms with E-state index >= 15 is 0 Å². The van der Waals surface area contributed by atoms with Crippen molar-refractivity contribution in [2.45, 2.75) is 4.90 Å². The number of amides is 3. The number of carbonyl (C=O) groups excluding carboxylic acids is 3. The van der Waals surface area contributed by atoms with Gasteiger partial charge < -0.3 is 16.0 Å². The molecule has 0 fully saturated rings. The predicted molar refractivity (Wildman–Crippen MR) is 169 cm³/mol. The van der Waals surface area contributed by atoms with Gasteiger partial charge in [0.25, 0.3) is 17.5 Å². The average molecular weight is 679 g/mol. The van der Waals surface area contributed by atoms with Crippen molar-refractivity contribution in [1.29, 1.82) is 0 Å². The van der Waals surface area contributed by atoms with E-state index in [0.717, 1.165) is 8.47 Å². The first-order chi connectivity index (χ1) is 19.8. The molecule has 0 unspecified atom stereocenters. The number of carbonyl (C=O) groups is 3. The van der Waals surface area contributed by atoms with Crippen LogP contribution in [0.25, 0.3) is 6.08 Å². The molecule has 4 aromatic carbocycles. The van der Waals surface area contributed by atoms with E-state index in [0.29, 0.717) is 22.5 Å². The summed E-state index contributed by atoms with van der Waals surface area (Å²) >= 11 is 3.50. The number of anilines is 2. The van der Waals surface area contributed by atoms with Gasteiger partial charge >= 0.3 is 0 Å². The zero-order valence-corrected chi connectivity index (χ0v) is 24.3. The molecular weight excluding hydrogens is 655 g/mol. The van der Waals surface area contributed by atoms with Crippen LogP contribution in [0.5, 0.6) is 0 Å². The first-order valence-corrected chi connectivity index (χ1v) is 14.3. The number of hydrogen-bond donors (Lipinski definition) is 3. The average Bonchev–Trinajstić information content (AvgIpc) is 2.98. The number of hydrogen-bond acceptors (Lipinski definition) is 6. The van der Waals surface area contributed by atoms with E-state index in [9.17, 15) is 24.5 Å². The summed E-state index contributed by atoms with van der Waals surface area (Å²) in [5.41, 5.74) is 1.86. The van der Waals surface area contributed by atoms with Crippen LogP contribution < -0.4 is 16.0 Å². The van der Waals surface area contributed by atoms with Crippen LogP contribution in [0.4, 0.5) is 17.1 Å². The summed E-state index contributed by atoms with van der Waals surface area (Å²) in [5, 5.41) is 19.3. The van der Waals surface area contributed by atoms with Crippen molar-refractivity contribution < 1.29 is 19.3 Å². The third kappa shape index (κ3) is 9.01. The van der Waals surface area contributed by atoms with Crippen LogP contribution in [-0.2, 0) is 9.59 Å². The Morgan fingerprint density at radius 3 is 2.22 bits per heavy atom. The quantitative estimate of drug-likeness (QED) is 0.0591. The largest absolute Gasteiger partial charge is 0.325 e. The number of rotatable bonds is 10. The van der Waals surface area contributed by atoms with Crippen LogP contribution in [0.3, 0.4) is 0 Å². The van der Waals surface area contributed by atoms with Crippen molar-refractivity contribution in [1.82, 2.24) is 5.32 Å². The molecule has 0 saturated heterocycles. The maximum absolute atomic E-state index is 13.3. The lowest BCUT2D eigenvalue weighted by atomic mass is 10.1.